The SMILES string of the molecule is Cc1oncc1CN1CC(n2cc(Br)cn2)C1. The van der Waals surface area contributed by atoms with Gasteiger partial charge in [-0.25, -0.2) is 0 Å². The van der Waals surface area contributed by atoms with Gasteiger partial charge in [0.25, 0.3) is 0 Å². The molecule has 0 bridgehead atoms. The molecule has 3 rings (SSSR count). The van der Waals surface area contributed by atoms with Crippen molar-refractivity contribution < 1.29 is 4.52 Å². The van der Waals surface area contributed by atoms with Gasteiger partial charge in [0.05, 0.1) is 22.9 Å². The lowest BCUT2D eigenvalue weighted by atomic mass is 10.1. The minimum atomic E-state index is 0.487. The van der Waals surface area contributed by atoms with E-state index < -0.39 is 0 Å². The smallest absolute Gasteiger partial charge is 0.138 e. The second-order valence-electron chi connectivity index (χ2n) is 4.39. The molecule has 0 aliphatic carbocycles. The highest BCUT2D eigenvalue weighted by Gasteiger charge is 2.29. The molecule has 0 atom stereocenters. The first kappa shape index (κ1) is 11.0. The Bertz CT molecular complexity index is 515. The van der Waals surface area contributed by atoms with E-state index in [1.807, 2.05) is 24.0 Å². The molecule has 1 fully saturated rings. The molecule has 0 unspecified atom stereocenters. The molecule has 1 aliphatic rings. The third-order valence-electron chi connectivity index (χ3n) is 3.13. The van der Waals surface area contributed by atoms with Gasteiger partial charge in [0.1, 0.15) is 5.76 Å². The number of aromatic nitrogens is 3. The van der Waals surface area contributed by atoms with E-state index in [1.165, 1.54) is 5.56 Å². The van der Waals surface area contributed by atoms with Crippen molar-refractivity contribution in [1.82, 2.24) is 19.8 Å². The Kier molecular flexibility index (Phi) is 2.76. The van der Waals surface area contributed by atoms with Gasteiger partial charge >= 0.3 is 0 Å². The zero-order valence-electron chi connectivity index (χ0n) is 9.51. The lowest BCUT2D eigenvalue weighted by Gasteiger charge is -2.38. The van der Waals surface area contributed by atoms with Gasteiger partial charge in [-0.3, -0.25) is 9.58 Å². The fraction of sp³-hybridized carbons (Fsp3) is 0.455. The molecular weight excluding hydrogens is 284 g/mol. The molecule has 2 aromatic heterocycles. The van der Waals surface area contributed by atoms with Crippen LogP contribution in [0.15, 0.2) is 27.6 Å². The summed E-state index contributed by atoms with van der Waals surface area (Å²) in [5.41, 5.74) is 1.17. The standard InChI is InChI=1S/C11H13BrN4O/c1-8-9(2-14-17-8)4-15-6-11(7-15)16-5-10(12)3-13-16/h2-3,5,11H,4,6-7H2,1H3. The quantitative estimate of drug-likeness (QED) is 0.869. The second kappa shape index (κ2) is 4.27. The van der Waals surface area contributed by atoms with Crippen LogP contribution in [0.3, 0.4) is 0 Å². The van der Waals surface area contributed by atoms with Gasteiger partial charge in [0, 0.05) is 31.4 Å². The van der Waals surface area contributed by atoms with E-state index in [4.69, 9.17) is 4.52 Å². The summed E-state index contributed by atoms with van der Waals surface area (Å²) in [6, 6.07) is 0.487. The van der Waals surface area contributed by atoms with E-state index in [9.17, 15) is 0 Å². The molecule has 2 aromatic rings. The van der Waals surface area contributed by atoms with Crippen molar-refractivity contribution in [2.45, 2.75) is 19.5 Å². The predicted molar refractivity (Wildman–Crippen MR) is 65.5 cm³/mol. The predicted octanol–water partition coefficient (Wildman–Crippen LogP) is 2.00. The Hall–Kier alpha value is -1.14. The summed E-state index contributed by atoms with van der Waals surface area (Å²) in [4.78, 5) is 2.36. The van der Waals surface area contributed by atoms with Crippen LogP contribution in [0.4, 0.5) is 0 Å². The number of rotatable bonds is 3. The normalized spacial score (nSPS) is 17.3. The summed E-state index contributed by atoms with van der Waals surface area (Å²) in [6.45, 7) is 4.91. The summed E-state index contributed by atoms with van der Waals surface area (Å²) in [5.74, 6) is 0.912. The fourth-order valence-electron chi connectivity index (χ4n) is 2.07. The fourth-order valence-corrected chi connectivity index (χ4v) is 2.37. The van der Waals surface area contributed by atoms with Gasteiger partial charge in [-0.2, -0.15) is 5.10 Å². The maximum absolute atomic E-state index is 5.05. The van der Waals surface area contributed by atoms with E-state index >= 15 is 0 Å². The average molecular weight is 297 g/mol. The Morgan fingerprint density at radius 3 is 2.88 bits per heavy atom. The van der Waals surface area contributed by atoms with Crippen LogP contribution in [0.5, 0.6) is 0 Å². The van der Waals surface area contributed by atoms with Crippen LogP contribution in [0.25, 0.3) is 0 Å². The number of likely N-dealkylation sites (tertiary alicyclic amines) is 1. The van der Waals surface area contributed by atoms with E-state index in [0.717, 1.165) is 29.9 Å². The zero-order chi connectivity index (χ0) is 11.8. The molecule has 0 saturated carbocycles. The van der Waals surface area contributed by atoms with Crippen LogP contribution in [-0.4, -0.2) is 32.9 Å². The topological polar surface area (TPSA) is 47.1 Å². The number of halogens is 1. The molecule has 6 heteroatoms. The van der Waals surface area contributed by atoms with Crippen molar-refractivity contribution in [1.29, 1.82) is 0 Å². The lowest BCUT2D eigenvalue weighted by Crippen LogP contribution is -2.47. The molecule has 17 heavy (non-hydrogen) atoms. The van der Waals surface area contributed by atoms with Gasteiger partial charge in [0.2, 0.25) is 0 Å². The van der Waals surface area contributed by atoms with Crippen LogP contribution >= 0.6 is 15.9 Å². The Labute approximate surface area is 108 Å². The molecule has 1 saturated heterocycles. The Morgan fingerprint density at radius 1 is 1.47 bits per heavy atom. The first-order valence-electron chi connectivity index (χ1n) is 5.54. The highest BCUT2D eigenvalue weighted by molar-refractivity contribution is 9.10. The van der Waals surface area contributed by atoms with Crippen molar-refractivity contribution in [3.8, 4) is 0 Å². The van der Waals surface area contributed by atoms with E-state index in [-0.39, 0.29) is 0 Å². The van der Waals surface area contributed by atoms with Gasteiger partial charge in [0.15, 0.2) is 0 Å². The van der Waals surface area contributed by atoms with Crippen molar-refractivity contribution in [3.05, 3.63) is 34.4 Å². The summed E-state index contributed by atoms with van der Waals surface area (Å²) in [5, 5.41) is 8.09. The summed E-state index contributed by atoms with van der Waals surface area (Å²) < 4.78 is 8.10. The molecule has 3 heterocycles. The third kappa shape index (κ3) is 2.14. The molecule has 0 N–H and O–H groups in total. The Morgan fingerprint density at radius 2 is 2.29 bits per heavy atom. The van der Waals surface area contributed by atoms with Crippen LogP contribution in [0.2, 0.25) is 0 Å². The maximum atomic E-state index is 5.05. The van der Waals surface area contributed by atoms with Crippen molar-refractivity contribution in [2.24, 2.45) is 0 Å². The van der Waals surface area contributed by atoms with Crippen LogP contribution < -0.4 is 0 Å². The number of nitrogens with zero attached hydrogens (tertiary/aromatic N) is 4. The zero-order valence-corrected chi connectivity index (χ0v) is 11.1. The number of hydrogen-bond acceptors (Lipinski definition) is 4. The van der Waals surface area contributed by atoms with Crippen LogP contribution in [0.1, 0.15) is 17.4 Å². The number of hydrogen-bond donors (Lipinski definition) is 0. The number of aryl methyl sites for hydroxylation is 1. The first-order chi connectivity index (χ1) is 8.22. The van der Waals surface area contributed by atoms with Gasteiger partial charge in [-0.05, 0) is 22.9 Å². The molecule has 0 radical (unpaired) electrons. The molecular formula is C11H13BrN4O. The lowest BCUT2D eigenvalue weighted by molar-refractivity contribution is 0.0904. The average Bonchev–Trinajstić information content (AvgIpc) is 2.81. The molecule has 0 amide bonds. The van der Waals surface area contributed by atoms with Gasteiger partial charge in [-0.15, -0.1) is 0 Å². The molecule has 90 valence electrons. The second-order valence-corrected chi connectivity index (χ2v) is 5.31. The van der Waals surface area contributed by atoms with Crippen LogP contribution in [-0.2, 0) is 6.54 Å². The third-order valence-corrected chi connectivity index (χ3v) is 3.54. The van der Waals surface area contributed by atoms with Crippen LogP contribution in [0, 0.1) is 6.92 Å². The van der Waals surface area contributed by atoms with E-state index in [2.05, 4.69) is 31.1 Å². The van der Waals surface area contributed by atoms with E-state index in [0.29, 0.717) is 6.04 Å². The van der Waals surface area contributed by atoms with E-state index in [1.54, 1.807) is 6.20 Å². The minimum absolute atomic E-state index is 0.487. The highest BCUT2D eigenvalue weighted by Crippen LogP contribution is 2.24. The summed E-state index contributed by atoms with van der Waals surface area (Å²) in [6.07, 6.45) is 5.65. The molecule has 5 nitrogen and oxygen atoms in total. The Balaban J connectivity index is 1.57. The van der Waals surface area contributed by atoms with Crippen molar-refractivity contribution in [2.75, 3.05) is 13.1 Å². The molecule has 0 spiro atoms. The minimum Gasteiger partial charge on any atom is -0.361 e. The maximum Gasteiger partial charge on any atom is 0.138 e. The molecule has 0 aromatic carbocycles. The monoisotopic (exact) mass is 296 g/mol. The van der Waals surface area contributed by atoms with Crippen molar-refractivity contribution >= 4 is 15.9 Å². The summed E-state index contributed by atoms with van der Waals surface area (Å²) >= 11 is 3.41. The first-order valence-corrected chi connectivity index (χ1v) is 6.34. The summed E-state index contributed by atoms with van der Waals surface area (Å²) in [7, 11) is 0. The van der Waals surface area contributed by atoms with Gasteiger partial charge < -0.3 is 4.52 Å². The van der Waals surface area contributed by atoms with Gasteiger partial charge in [-0.1, -0.05) is 5.16 Å². The largest absolute Gasteiger partial charge is 0.361 e. The molecule has 1 aliphatic heterocycles. The highest BCUT2D eigenvalue weighted by atomic mass is 79.9. The van der Waals surface area contributed by atoms with Crippen molar-refractivity contribution in [3.63, 3.8) is 0 Å².